The number of nitrogens with zero attached hydrogens (tertiary/aromatic N) is 2. The normalized spacial score (nSPS) is 20.5. The molecule has 3 rings (SSSR count). The summed E-state index contributed by atoms with van der Waals surface area (Å²) in [6, 6.07) is 15.7. The molecule has 7 nitrogen and oxygen atoms in total. The van der Waals surface area contributed by atoms with Gasteiger partial charge in [-0.3, -0.25) is 4.90 Å². The number of rotatable bonds is 10. The summed E-state index contributed by atoms with van der Waals surface area (Å²) in [6.45, 7) is 1.41. The van der Waals surface area contributed by atoms with E-state index in [9.17, 15) is 4.79 Å². The van der Waals surface area contributed by atoms with E-state index < -0.39 is 0 Å². The maximum Gasteiger partial charge on any atom is 0.315 e. The first-order valence-electron chi connectivity index (χ1n) is 11.4. The summed E-state index contributed by atoms with van der Waals surface area (Å²) < 4.78 is 15.9. The SMILES string of the molecule is COCOc1cccc(C2(N(C)C)CCC(CN(Cc3ccc(OC)cc3)C(N)=O)CC2)c1. The molecule has 2 aromatic rings. The van der Waals surface area contributed by atoms with Crippen molar-refractivity contribution in [2.75, 3.05) is 41.7 Å². The van der Waals surface area contributed by atoms with Crippen LogP contribution >= 0.6 is 0 Å². The van der Waals surface area contributed by atoms with Gasteiger partial charge in [-0.05, 0) is 81.1 Å². The van der Waals surface area contributed by atoms with Crippen molar-refractivity contribution < 1.29 is 19.0 Å². The summed E-state index contributed by atoms with van der Waals surface area (Å²) >= 11 is 0. The van der Waals surface area contributed by atoms with Gasteiger partial charge in [-0.1, -0.05) is 24.3 Å². The van der Waals surface area contributed by atoms with Crippen molar-refractivity contribution >= 4 is 6.03 Å². The Labute approximate surface area is 197 Å². The number of methoxy groups -OCH3 is 2. The van der Waals surface area contributed by atoms with E-state index in [0.717, 1.165) is 42.7 Å². The van der Waals surface area contributed by atoms with Crippen LogP contribution in [-0.2, 0) is 16.8 Å². The fourth-order valence-electron chi connectivity index (χ4n) is 4.83. The van der Waals surface area contributed by atoms with Crippen LogP contribution in [0.4, 0.5) is 4.79 Å². The zero-order chi connectivity index (χ0) is 23.8. The Morgan fingerprint density at radius 3 is 2.33 bits per heavy atom. The van der Waals surface area contributed by atoms with Gasteiger partial charge in [0.1, 0.15) is 11.5 Å². The minimum atomic E-state index is -0.377. The average molecular weight is 456 g/mol. The van der Waals surface area contributed by atoms with Crippen LogP contribution in [0.5, 0.6) is 11.5 Å². The Bertz CT molecular complexity index is 893. The van der Waals surface area contributed by atoms with Gasteiger partial charge < -0.3 is 24.8 Å². The summed E-state index contributed by atoms with van der Waals surface area (Å²) in [5, 5.41) is 0. The third-order valence-electron chi connectivity index (χ3n) is 6.83. The predicted molar refractivity (Wildman–Crippen MR) is 129 cm³/mol. The van der Waals surface area contributed by atoms with Crippen molar-refractivity contribution in [3.8, 4) is 11.5 Å². The predicted octanol–water partition coefficient (Wildman–Crippen LogP) is 4.21. The first-order chi connectivity index (χ1) is 15.9. The maximum atomic E-state index is 12.2. The Kier molecular flexibility index (Phi) is 8.58. The fourth-order valence-corrected chi connectivity index (χ4v) is 4.83. The zero-order valence-corrected chi connectivity index (χ0v) is 20.3. The highest BCUT2D eigenvalue weighted by Gasteiger charge is 2.39. The third kappa shape index (κ3) is 6.18. The van der Waals surface area contributed by atoms with E-state index in [1.165, 1.54) is 5.56 Å². The standard InChI is InChI=1S/C26H37N3O4/c1-28(2)26(22-6-5-7-24(16-22)33-19-31-3)14-12-21(13-15-26)18-29(25(27)30)17-20-8-10-23(32-4)11-9-20/h5-11,16,21H,12-15,17-19H2,1-4H3,(H2,27,30). The van der Waals surface area contributed by atoms with Gasteiger partial charge >= 0.3 is 6.03 Å². The van der Waals surface area contributed by atoms with Crippen LogP contribution in [0.2, 0.25) is 0 Å². The van der Waals surface area contributed by atoms with Crippen molar-refractivity contribution in [2.24, 2.45) is 11.7 Å². The molecular weight excluding hydrogens is 418 g/mol. The van der Waals surface area contributed by atoms with Gasteiger partial charge in [0.25, 0.3) is 0 Å². The molecule has 0 radical (unpaired) electrons. The van der Waals surface area contributed by atoms with E-state index in [4.69, 9.17) is 19.9 Å². The Balaban J connectivity index is 1.67. The average Bonchev–Trinajstić information content (AvgIpc) is 2.83. The van der Waals surface area contributed by atoms with Crippen LogP contribution in [0.25, 0.3) is 0 Å². The number of hydrogen-bond donors (Lipinski definition) is 1. The molecule has 0 unspecified atom stereocenters. The highest BCUT2D eigenvalue weighted by Crippen LogP contribution is 2.44. The molecule has 2 N–H and O–H groups in total. The van der Waals surface area contributed by atoms with Crippen LogP contribution in [0.15, 0.2) is 48.5 Å². The third-order valence-corrected chi connectivity index (χ3v) is 6.83. The highest BCUT2D eigenvalue weighted by molar-refractivity contribution is 5.72. The number of benzene rings is 2. The van der Waals surface area contributed by atoms with Crippen LogP contribution in [0, 0.1) is 5.92 Å². The van der Waals surface area contributed by atoms with E-state index in [0.29, 0.717) is 19.0 Å². The number of carbonyl (C=O) groups is 1. The van der Waals surface area contributed by atoms with Crippen LogP contribution in [-0.4, -0.2) is 57.5 Å². The molecule has 1 aliphatic rings. The quantitative estimate of drug-likeness (QED) is 0.543. The van der Waals surface area contributed by atoms with Crippen molar-refractivity contribution in [3.05, 3.63) is 59.7 Å². The molecule has 1 saturated carbocycles. The molecule has 0 atom stereocenters. The molecule has 0 bridgehead atoms. The number of nitrogens with two attached hydrogens (primary N) is 1. The molecule has 2 aromatic carbocycles. The summed E-state index contributed by atoms with van der Waals surface area (Å²) in [5.41, 5.74) is 7.97. The molecule has 180 valence electrons. The molecule has 2 amide bonds. The summed E-state index contributed by atoms with van der Waals surface area (Å²) in [7, 11) is 7.55. The monoisotopic (exact) mass is 455 g/mol. The largest absolute Gasteiger partial charge is 0.497 e. The van der Waals surface area contributed by atoms with E-state index in [1.54, 1.807) is 19.1 Å². The molecule has 0 heterocycles. The minimum absolute atomic E-state index is 0.0590. The van der Waals surface area contributed by atoms with Gasteiger partial charge in [-0.25, -0.2) is 4.79 Å². The lowest BCUT2D eigenvalue weighted by atomic mass is 9.71. The molecule has 7 heteroatoms. The van der Waals surface area contributed by atoms with E-state index in [-0.39, 0.29) is 18.4 Å². The second-order valence-electron chi connectivity index (χ2n) is 9.01. The molecule has 1 aliphatic carbocycles. The molecule has 0 aliphatic heterocycles. The van der Waals surface area contributed by atoms with Crippen LogP contribution in [0.3, 0.4) is 0 Å². The number of primary amides is 1. The molecule has 0 spiro atoms. The first kappa shape index (κ1) is 24.9. The van der Waals surface area contributed by atoms with Gasteiger partial charge in [0.15, 0.2) is 6.79 Å². The number of carbonyl (C=O) groups excluding carboxylic acids is 1. The minimum Gasteiger partial charge on any atom is -0.497 e. The zero-order valence-electron chi connectivity index (χ0n) is 20.3. The van der Waals surface area contributed by atoms with Crippen molar-refractivity contribution in [2.45, 2.75) is 37.8 Å². The lowest BCUT2D eigenvalue weighted by Crippen LogP contribution is -2.46. The number of hydrogen-bond acceptors (Lipinski definition) is 5. The molecule has 1 fully saturated rings. The Morgan fingerprint density at radius 1 is 1.06 bits per heavy atom. The summed E-state index contributed by atoms with van der Waals surface area (Å²) in [5.74, 6) is 2.03. The molecule has 0 aromatic heterocycles. The second-order valence-corrected chi connectivity index (χ2v) is 9.01. The Hall–Kier alpha value is -2.77. The van der Waals surface area contributed by atoms with E-state index in [1.807, 2.05) is 36.4 Å². The van der Waals surface area contributed by atoms with Crippen molar-refractivity contribution in [1.29, 1.82) is 0 Å². The second kappa shape index (κ2) is 11.4. The molecular formula is C26H37N3O4. The maximum absolute atomic E-state index is 12.2. The number of ether oxygens (including phenoxy) is 3. The van der Waals surface area contributed by atoms with Gasteiger partial charge in [-0.15, -0.1) is 0 Å². The molecule has 0 saturated heterocycles. The van der Waals surface area contributed by atoms with Gasteiger partial charge in [0.05, 0.1) is 7.11 Å². The van der Waals surface area contributed by atoms with E-state index in [2.05, 4.69) is 31.1 Å². The lowest BCUT2D eigenvalue weighted by Gasteiger charge is -2.46. The number of urea groups is 1. The van der Waals surface area contributed by atoms with Crippen LogP contribution in [0.1, 0.15) is 36.8 Å². The first-order valence-corrected chi connectivity index (χ1v) is 11.4. The summed E-state index contributed by atoms with van der Waals surface area (Å²) in [4.78, 5) is 16.3. The smallest absolute Gasteiger partial charge is 0.315 e. The van der Waals surface area contributed by atoms with Crippen molar-refractivity contribution in [3.63, 3.8) is 0 Å². The summed E-state index contributed by atoms with van der Waals surface area (Å²) in [6.07, 6.45) is 4.06. The van der Waals surface area contributed by atoms with Crippen molar-refractivity contribution in [1.82, 2.24) is 9.80 Å². The highest BCUT2D eigenvalue weighted by atomic mass is 16.7. The van der Waals surface area contributed by atoms with Gasteiger partial charge in [0, 0.05) is 25.7 Å². The Morgan fingerprint density at radius 2 is 1.76 bits per heavy atom. The lowest BCUT2D eigenvalue weighted by molar-refractivity contribution is 0.0495. The van der Waals surface area contributed by atoms with E-state index >= 15 is 0 Å². The van der Waals surface area contributed by atoms with Gasteiger partial charge in [0.2, 0.25) is 0 Å². The number of amides is 2. The topological polar surface area (TPSA) is 77.3 Å². The fraction of sp³-hybridized carbons (Fsp3) is 0.500. The van der Waals surface area contributed by atoms with Gasteiger partial charge in [-0.2, -0.15) is 0 Å². The van der Waals surface area contributed by atoms with Crippen LogP contribution < -0.4 is 15.2 Å². The molecule has 33 heavy (non-hydrogen) atoms.